The summed E-state index contributed by atoms with van der Waals surface area (Å²) in [6.07, 6.45) is 3.73. The Kier molecular flexibility index (Phi) is 5.68. The zero-order valence-corrected chi connectivity index (χ0v) is 12.6. The van der Waals surface area contributed by atoms with E-state index in [0.29, 0.717) is 0 Å². The van der Waals surface area contributed by atoms with Crippen LogP contribution in [-0.4, -0.2) is 38.3 Å². The summed E-state index contributed by atoms with van der Waals surface area (Å²) in [5.74, 6) is 1.66. The summed E-state index contributed by atoms with van der Waals surface area (Å²) in [5, 5.41) is 0. The number of nitrogens with two attached hydrogens (primary N) is 1. The first-order valence-corrected chi connectivity index (χ1v) is 7.49. The Balaban J connectivity index is 1.86. The van der Waals surface area contributed by atoms with Crippen molar-refractivity contribution >= 4 is 0 Å². The van der Waals surface area contributed by atoms with Crippen LogP contribution in [0.3, 0.4) is 0 Å². The summed E-state index contributed by atoms with van der Waals surface area (Å²) in [7, 11) is 1.66. The number of hydrogen-bond donors (Lipinski definition) is 1. The van der Waals surface area contributed by atoms with E-state index in [1.807, 2.05) is 25.1 Å². The van der Waals surface area contributed by atoms with E-state index in [-0.39, 0.29) is 6.04 Å². The van der Waals surface area contributed by atoms with E-state index in [1.54, 1.807) is 7.11 Å². The van der Waals surface area contributed by atoms with Crippen molar-refractivity contribution < 1.29 is 9.47 Å². The predicted octanol–water partition coefficient (Wildman–Crippen LogP) is 2.58. The zero-order valence-electron chi connectivity index (χ0n) is 12.6. The Labute approximate surface area is 121 Å². The van der Waals surface area contributed by atoms with Crippen LogP contribution < -0.4 is 15.2 Å². The van der Waals surface area contributed by atoms with Gasteiger partial charge in [0.15, 0.2) is 0 Å². The summed E-state index contributed by atoms with van der Waals surface area (Å²) < 4.78 is 11.2. The number of hydrogen-bond acceptors (Lipinski definition) is 4. The van der Waals surface area contributed by atoms with Gasteiger partial charge in [0.2, 0.25) is 0 Å². The van der Waals surface area contributed by atoms with Crippen molar-refractivity contribution in [2.45, 2.75) is 32.2 Å². The van der Waals surface area contributed by atoms with Crippen molar-refractivity contribution in [1.82, 2.24) is 4.90 Å². The van der Waals surface area contributed by atoms with Crippen LogP contribution in [0.15, 0.2) is 18.2 Å². The molecule has 1 aromatic rings. The van der Waals surface area contributed by atoms with Crippen molar-refractivity contribution in [1.29, 1.82) is 0 Å². The minimum absolute atomic E-state index is 0.0329. The highest BCUT2D eigenvalue weighted by molar-refractivity contribution is 5.42. The van der Waals surface area contributed by atoms with Crippen LogP contribution in [0.4, 0.5) is 0 Å². The van der Waals surface area contributed by atoms with Crippen LogP contribution in [0.5, 0.6) is 11.5 Å². The first-order valence-electron chi connectivity index (χ1n) is 7.49. The topological polar surface area (TPSA) is 47.7 Å². The van der Waals surface area contributed by atoms with Crippen LogP contribution in [0.25, 0.3) is 0 Å². The van der Waals surface area contributed by atoms with E-state index in [1.165, 1.54) is 25.9 Å². The normalized spacial score (nSPS) is 17.1. The van der Waals surface area contributed by atoms with Gasteiger partial charge in [0.1, 0.15) is 11.5 Å². The second kappa shape index (κ2) is 7.50. The van der Waals surface area contributed by atoms with E-state index in [9.17, 15) is 0 Å². The van der Waals surface area contributed by atoms with Crippen molar-refractivity contribution in [3.8, 4) is 11.5 Å². The molecule has 4 heteroatoms. The number of nitrogens with zero attached hydrogens (tertiary/aromatic N) is 1. The molecule has 1 aliphatic heterocycles. The molecule has 112 valence electrons. The zero-order chi connectivity index (χ0) is 14.4. The first kappa shape index (κ1) is 15.1. The van der Waals surface area contributed by atoms with Gasteiger partial charge in [0.05, 0.1) is 13.7 Å². The molecule has 20 heavy (non-hydrogen) atoms. The molecule has 0 bridgehead atoms. The van der Waals surface area contributed by atoms with Crippen molar-refractivity contribution in [2.24, 2.45) is 5.73 Å². The third-order valence-electron chi connectivity index (χ3n) is 3.79. The van der Waals surface area contributed by atoms with E-state index < -0.39 is 0 Å². The summed E-state index contributed by atoms with van der Waals surface area (Å²) in [4.78, 5) is 2.50. The van der Waals surface area contributed by atoms with Crippen LogP contribution >= 0.6 is 0 Å². The van der Waals surface area contributed by atoms with Crippen LogP contribution in [0, 0.1) is 0 Å². The lowest BCUT2D eigenvalue weighted by Crippen LogP contribution is -2.22. The first-order chi connectivity index (χ1) is 9.70. The molecule has 0 spiro atoms. The van der Waals surface area contributed by atoms with Gasteiger partial charge in [-0.1, -0.05) is 6.07 Å². The quantitative estimate of drug-likeness (QED) is 0.779. The fraction of sp³-hybridized carbons (Fsp3) is 0.625. The number of rotatable bonds is 7. The number of methoxy groups -OCH3 is 1. The van der Waals surface area contributed by atoms with Gasteiger partial charge in [-0.15, -0.1) is 0 Å². The van der Waals surface area contributed by atoms with E-state index in [2.05, 4.69) is 4.90 Å². The third-order valence-corrected chi connectivity index (χ3v) is 3.79. The van der Waals surface area contributed by atoms with E-state index >= 15 is 0 Å². The highest BCUT2D eigenvalue weighted by atomic mass is 16.5. The lowest BCUT2D eigenvalue weighted by molar-refractivity contribution is 0.260. The molecule has 0 saturated carbocycles. The molecule has 1 aromatic carbocycles. The van der Waals surface area contributed by atoms with Gasteiger partial charge >= 0.3 is 0 Å². The molecule has 4 nitrogen and oxygen atoms in total. The van der Waals surface area contributed by atoms with Gasteiger partial charge in [-0.25, -0.2) is 0 Å². The van der Waals surface area contributed by atoms with Crippen molar-refractivity contribution in [2.75, 3.05) is 33.4 Å². The Morgan fingerprint density at radius 2 is 2.05 bits per heavy atom. The van der Waals surface area contributed by atoms with Gasteiger partial charge in [-0.05, 0) is 45.3 Å². The summed E-state index contributed by atoms with van der Waals surface area (Å²) >= 11 is 0. The predicted molar refractivity (Wildman–Crippen MR) is 81.4 cm³/mol. The Morgan fingerprint density at radius 1 is 1.30 bits per heavy atom. The van der Waals surface area contributed by atoms with E-state index in [0.717, 1.165) is 36.6 Å². The van der Waals surface area contributed by atoms with Gasteiger partial charge in [0, 0.05) is 24.2 Å². The molecular weight excluding hydrogens is 252 g/mol. The average Bonchev–Trinajstić information content (AvgIpc) is 2.96. The highest BCUT2D eigenvalue weighted by Gasteiger charge is 2.12. The van der Waals surface area contributed by atoms with Gasteiger partial charge in [-0.2, -0.15) is 0 Å². The van der Waals surface area contributed by atoms with Crippen LogP contribution in [-0.2, 0) is 0 Å². The Morgan fingerprint density at radius 3 is 2.70 bits per heavy atom. The lowest BCUT2D eigenvalue weighted by atomic mass is 10.1. The average molecular weight is 278 g/mol. The largest absolute Gasteiger partial charge is 0.497 e. The van der Waals surface area contributed by atoms with Crippen molar-refractivity contribution in [3.63, 3.8) is 0 Å². The third kappa shape index (κ3) is 4.12. The molecule has 0 amide bonds. The summed E-state index contributed by atoms with van der Waals surface area (Å²) in [6, 6.07) is 5.80. The maximum Gasteiger partial charge on any atom is 0.127 e. The van der Waals surface area contributed by atoms with Gasteiger partial charge < -0.3 is 20.1 Å². The molecule has 1 unspecified atom stereocenters. The second-order valence-corrected chi connectivity index (χ2v) is 5.44. The molecule has 2 N–H and O–H groups in total. The minimum atomic E-state index is -0.0329. The fourth-order valence-electron chi connectivity index (χ4n) is 2.62. The molecule has 1 aliphatic rings. The van der Waals surface area contributed by atoms with Gasteiger partial charge in [0.25, 0.3) is 0 Å². The molecule has 0 aromatic heterocycles. The highest BCUT2D eigenvalue weighted by Crippen LogP contribution is 2.28. The maximum atomic E-state index is 5.98. The molecule has 1 atom stereocenters. The molecule has 0 radical (unpaired) electrons. The molecule has 1 fully saturated rings. The monoisotopic (exact) mass is 278 g/mol. The smallest absolute Gasteiger partial charge is 0.127 e. The summed E-state index contributed by atoms with van der Waals surface area (Å²) in [6.45, 7) is 6.30. The number of benzene rings is 1. The molecule has 1 heterocycles. The van der Waals surface area contributed by atoms with Crippen LogP contribution in [0.2, 0.25) is 0 Å². The maximum absolute atomic E-state index is 5.98. The number of likely N-dealkylation sites (tertiary alicyclic amines) is 1. The molecule has 1 saturated heterocycles. The molecule has 2 rings (SSSR count). The molecular formula is C16H26N2O2. The Hall–Kier alpha value is -1.26. The minimum Gasteiger partial charge on any atom is -0.497 e. The second-order valence-electron chi connectivity index (χ2n) is 5.44. The summed E-state index contributed by atoms with van der Waals surface area (Å²) in [5.41, 5.74) is 7.02. The van der Waals surface area contributed by atoms with Crippen LogP contribution in [0.1, 0.15) is 37.8 Å². The SMILES string of the molecule is COc1ccc(C(C)N)c(OCCCN2CCCC2)c1. The molecule has 0 aliphatic carbocycles. The number of ether oxygens (including phenoxy) is 2. The lowest BCUT2D eigenvalue weighted by Gasteiger charge is -2.17. The standard InChI is InChI=1S/C16H26N2O2/c1-13(17)15-7-6-14(19-2)12-16(15)20-11-5-10-18-8-3-4-9-18/h6-7,12-13H,3-5,8-11,17H2,1-2H3. The van der Waals surface area contributed by atoms with Crippen molar-refractivity contribution in [3.05, 3.63) is 23.8 Å². The van der Waals surface area contributed by atoms with Gasteiger partial charge in [-0.3, -0.25) is 0 Å². The van der Waals surface area contributed by atoms with E-state index in [4.69, 9.17) is 15.2 Å². The fourth-order valence-corrected chi connectivity index (χ4v) is 2.62. The Bertz CT molecular complexity index is 415.